The number of nitrogens with one attached hydrogen (secondary N) is 2. The van der Waals surface area contributed by atoms with Gasteiger partial charge in [0.1, 0.15) is 30.5 Å². The molecule has 1 unspecified atom stereocenters. The topological polar surface area (TPSA) is 96.0 Å². The molecule has 21 heavy (non-hydrogen) atoms. The highest BCUT2D eigenvalue weighted by Gasteiger charge is 2.37. The van der Waals surface area contributed by atoms with Gasteiger partial charge in [0.05, 0.1) is 6.61 Å². The van der Waals surface area contributed by atoms with Crippen LogP contribution in [0.1, 0.15) is 31.2 Å². The van der Waals surface area contributed by atoms with E-state index in [1.165, 1.54) is 6.33 Å². The molecule has 8 heteroatoms. The molecule has 112 valence electrons. The lowest BCUT2D eigenvalue weighted by atomic mass is 10.1. The maximum absolute atomic E-state index is 13.7. The second kappa shape index (κ2) is 4.88. The molecule has 1 saturated carbocycles. The monoisotopic (exact) mass is 293 g/mol. The fourth-order valence-electron chi connectivity index (χ4n) is 2.57. The van der Waals surface area contributed by atoms with Crippen molar-refractivity contribution in [2.75, 3.05) is 11.9 Å². The van der Waals surface area contributed by atoms with Crippen LogP contribution in [0.4, 0.5) is 10.2 Å². The van der Waals surface area contributed by atoms with E-state index in [2.05, 4.69) is 25.3 Å². The van der Waals surface area contributed by atoms with Crippen molar-refractivity contribution in [2.24, 2.45) is 0 Å². The van der Waals surface area contributed by atoms with Crippen LogP contribution in [-0.4, -0.2) is 50.0 Å². The number of fused-ring (bicyclic) bond motifs is 1. The molecule has 2 aliphatic rings. The van der Waals surface area contributed by atoms with Gasteiger partial charge in [-0.1, -0.05) is 0 Å². The average molecular weight is 293 g/mol. The third-order valence-corrected chi connectivity index (χ3v) is 3.89. The SMILES string of the molecule is OC[C@H]1OC(c2nc3c(NC4CC4)ncnc3[nH]2)C[C@@H]1F. The van der Waals surface area contributed by atoms with E-state index in [-0.39, 0.29) is 13.0 Å². The van der Waals surface area contributed by atoms with Crippen molar-refractivity contribution < 1.29 is 14.2 Å². The number of aliphatic hydroxyl groups excluding tert-OH is 1. The van der Waals surface area contributed by atoms with Crippen LogP contribution in [0.3, 0.4) is 0 Å². The molecule has 3 heterocycles. The zero-order chi connectivity index (χ0) is 14.4. The Morgan fingerprint density at radius 3 is 3.00 bits per heavy atom. The van der Waals surface area contributed by atoms with E-state index < -0.39 is 18.4 Å². The Morgan fingerprint density at radius 2 is 2.29 bits per heavy atom. The highest BCUT2D eigenvalue weighted by atomic mass is 19.1. The van der Waals surface area contributed by atoms with Crippen molar-refractivity contribution in [3.05, 3.63) is 12.2 Å². The summed E-state index contributed by atoms with van der Waals surface area (Å²) in [6.07, 6.45) is 1.48. The first kappa shape index (κ1) is 12.9. The van der Waals surface area contributed by atoms with Crippen LogP contribution in [0.5, 0.6) is 0 Å². The van der Waals surface area contributed by atoms with Crippen LogP contribution in [0.15, 0.2) is 6.33 Å². The third-order valence-electron chi connectivity index (χ3n) is 3.89. The number of halogens is 1. The summed E-state index contributed by atoms with van der Waals surface area (Å²) in [5.41, 5.74) is 1.25. The Bertz CT molecular complexity index is 659. The van der Waals surface area contributed by atoms with E-state index in [0.29, 0.717) is 28.8 Å². The standard InChI is InChI=1S/C13H16FN5O2/c14-7-3-8(21-9(7)4-20)11-18-10-12(17-6-1-2-6)15-5-16-13(10)19-11/h5-9,20H,1-4H2,(H2,15,16,17,18,19)/t7-,8?,9+/m0/s1. The molecule has 2 aromatic heterocycles. The zero-order valence-electron chi connectivity index (χ0n) is 11.3. The first-order valence-electron chi connectivity index (χ1n) is 7.12. The lowest BCUT2D eigenvalue weighted by Gasteiger charge is -2.09. The molecule has 1 saturated heterocycles. The smallest absolute Gasteiger partial charge is 0.163 e. The molecule has 0 bridgehead atoms. The molecule has 7 nitrogen and oxygen atoms in total. The van der Waals surface area contributed by atoms with Crippen LogP contribution in [0.25, 0.3) is 11.2 Å². The Hall–Kier alpha value is -1.80. The number of H-pyrrole nitrogens is 1. The first-order valence-corrected chi connectivity index (χ1v) is 7.12. The molecule has 3 N–H and O–H groups in total. The molecular formula is C13H16FN5O2. The zero-order valence-corrected chi connectivity index (χ0v) is 11.3. The number of alkyl halides is 1. The summed E-state index contributed by atoms with van der Waals surface area (Å²) < 4.78 is 19.2. The van der Waals surface area contributed by atoms with Crippen molar-refractivity contribution in [3.63, 3.8) is 0 Å². The number of aliphatic hydroxyl groups is 1. The summed E-state index contributed by atoms with van der Waals surface area (Å²) in [6, 6.07) is 0.458. The molecule has 0 radical (unpaired) electrons. The predicted molar refractivity (Wildman–Crippen MR) is 72.5 cm³/mol. The Morgan fingerprint density at radius 1 is 1.43 bits per heavy atom. The number of nitrogens with zero attached hydrogens (tertiary/aromatic N) is 3. The number of hydrogen-bond acceptors (Lipinski definition) is 6. The number of aromatic amines is 1. The summed E-state index contributed by atoms with van der Waals surface area (Å²) >= 11 is 0. The molecule has 0 amide bonds. The maximum Gasteiger partial charge on any atom is 0.163 e. The molecule has 1 aliphatic carbocycles. The quantitative estimate of drug-likeness (QED) is 0.781. The molecule has 1 aliphatic heterocycles. The average Bonchev–Trinajstić information content (AvgIpc) is 3.05. The molecule has 2 aromatic rings. The second-order valence-electron chi connectivity index (χ2n) is 5.56. The number of rotatable bonds is 4. The Labute approximate surface area is 120 Å². The van der Waals surface area contributed by atoms with E-state index in [4.69, 9.17) is 9.84 Å². The van der Waals surface area contributed by atoms with Crippen LogP contribution in [0, 0.1) is 0 Å². The number of ether oxygens (including phenoxy) is 1. The van der Waals surface area contributed by atoms with Gasteiger partial charge in [0, 0.05) is 12.5 Å². The lowest BCUT2D eigenvalue weighted by molar-refractivity contribution is -0.00873. The summed E-state index contributed by atoms with van der Waals surface area (Å²) in [5, 5.41) is 12.4. The van der Waals surface area contributed by atoms with Crippen LogP contribution >= 0.6 is 0 Å². The van der Waals surface area contributed by atoms with Gasteiger partial charge in [-0.3, -0.25) is 0 Å². The predicted octanol–water partition coefficient (Wildman–Crippen LogP) is 1.09. The summed E-state index contributed by atoms with van der Waals surface area (Å²) in [7, 11) is 0. The minimum absolute atomic E-state index is 0.184. The second-order valence-corrected chi connectivity index (χ2v) is 5.56. The van der Waals surface area contributed by atoms with Gasteiger partial charge in [0.15, 0.2) is 17.0 Å². The van der Waals surface area contributed by atoms with Crippen LogP contribution < -0.4 is 5.32 Å². The number of imidazole rings is 1. The van der Waals surface area contributed by atoms with Gasteiger partial charge in [-0.25, -0.2) is 19.3 Å². The molecule has 4 rings (SSSR count). The fraction of sp³-hybridized carbons (Fsp3) is 0.615. The van der Waals surface area contributed by atoms with Gasteiger partial charge < -0.3 is 20.1 Å². The van der Waals surface area contributed by atoms with Crippen molar-refractivity contribution in [1.29, 1.82) is 0 Å². The van der Waals surface area contributed by atoms with Gasteiger partial charge in [-0.2, -0.15) is 0 Å². The molecule has 3 atom stereocenters. The molecule has 0 spiro atoms. The highest BCUT2D eigenvalue weighted by Crippen LogP contribution is 2.35. The Balaban J connectivity index is 1.64. The number of aromatic nitrogens is 4. The summed E-state index contributed by atoms with van der Waals surface area (Å²) in [4.78, 5) is 15.9. The summed E-state index contributed by atoms with van der Waals surface area (Å²) in [5.74, 6) is 1.22. The van der Waals surface area contributed by atoms with Gasteiger partial charge in [0.25, 0.3) is 0 Å². The largest absolute Gasteiger partial charge is 0.394 e. The Kier molecular flexibility index (Phi) is 3.00. The van der Waals surface area contributed by atoms with Crippen LogP contribution in [0.2, 0.25) is 0 Å². The fourth-order valence-corrected chi connectivity index (χ4v) is 2.57. The van der Waals surface area contributed by atoms with Gasteiger partial charge in [0.2, 0.25) is 0 Å². The van der Waals surface area contributed by atoms with Crippen molar-refractivity contribution in [3.8, 4) is 0 Å². The molecule has 0 aromatic carbocycles. The molecule has 2 fully saturated rings. The van der Waals surface area contributed by atoms with Crippen molar-refractivity contribution in [2.45, 2.75) is 43.7 Å². The van der Waals surface area contributed by atoms with Gasteiger partial charge in [-0.05, 0) is 12.8 Å². The molecular weight excluding hydrogens is 277 g/mol. The van der Waals surface area contributed by atoms with E-state index in [1.54, 1.807) is 0 Å². The minimum atomic E-state index is -1.18. The van der Waals surface area contributed by atoms with E-state index >= 15 is 0 Å². The highest BCUT2D eigenvalue weighted by molar-refractivity contribution is 5.82. The van der Waals surface area contributed by atoms with Crippen molar-refractivity contribution in [1.82, 2.24) is 19.9 Å². The van der Waals surface area contributed by atoms with E-state index in [1.807, 2.05) is 0 Å². The first-order chi connectivity index (χ1) is 10.2. The maximum atomic E-state index is 13.7. The van der Waals surface area contributed by atoms with E-state index in [9.17, 15) is 4.39 Å². The summed E-state index contributed by atoms with van der Waals surface area (Å²) in [6.45, 7) is -0.327. The van der Waals surface area contributed by atoms with Crippen molar-refractivity contribution >= 4 is 17.0 Å². The van der Waals surface area contributed by atoms with Gasteiger partial charge >= 0.3 is 0 Å². The van der Waals surface area contributed by atoms with E-state index in [0.717, 1.165) is 12.8 Å². The number of hydrogen-bond donors (Lipinski definition) is 3. The lowest BCUT2D eigenvalue weighted by Crippen LogP contribution is -2.20. The number of anilines is 1. The third kappa shape index (κ3) is 2.34. The normalized spacial score (nSPS) is 29.1. The minimum Gasteiger partial charge on any atom is -0.394 e. The van der Waals surface area contributed by atoms with Gasteiger partial charge in [-0.15, -0.1) is 0 Å². The van der Waals surface area contributed by atoms with Crippen LogP contribution in [-0.2, 0) is 4.74 Å².